The summed E-state index contributed by atoms with van der Waals surface area (Å²) in [6.45, 7) is 14.6. The number of aliphatic carboxylic acids is 2. The number of aromatic nitrogens is 4. The standard InChI is InChI=1S/2C36H41N3O3S.Ca/c2*1-4-8-27(9-5-2)28-16-18-30(19-17-28)42-24-26-12-14-29(15-13-26)34-21-20-31(43-34)22-39(23-35(40)41)25(3)36-37-32-10-6-7-11-33(32)38-36;/h2*6-7,10-21,25,27H,4-5,8-9,22-24H2,1-3H3,(H,37,38)(H,40,41);/q;;+2/p-2. The van der Waals surface area contributed by atoms with E-state index in [1.165, 1.54) is 62.5 Å². The second-order valence-electron chi connectivity index (χ2n) is 22.4. The quantitative estimate of drug-likeness (QED) is 0.0414. The maximum atomic E-state index is 11.6. The molecule has 2 N–H and O–H groups in total. The molecule has 0 radical (unpaired) electrons. The third-order valence-corrected chi connectivity index (χ3v) is 18.2. The number of rotatable bonds is 30. The third kappa shape index (κ3) is 18.7. The monoisotopic (exact) mass is 1230 g/mol. The van der Waals surface area contributed by atoms with Crippen molar-refractivity contribution in [3.63, 3.8) is 0 Å². The molecule has 4 heterocycles. The van der Waals surface area contributed by atoms with Crippen molar-refractivity contribution in [3.05, 3.63) is 214 Å². The fraction of sp³-hybridized carbons (Fsp3) is 0.333. The molecule has 0 aliphatic heterocycles. The van der Waals surface area contributed by atoms with E-state index >= 15 is 0 Å². The number of benzene rings is 6. The predicted molar refractivity (Wildman–Crippen MR) is 352 cm³/mol. The molecule has 6 aromatic carbocycles. The Balaban J connectivity index is 0.000000223. The number of fused-ring (bicyclic) bond motifs is 2. The van der Waals surface area contributed by atoms with E-state index in [-0.39, 0.29) is 62.9 Å². The van der Waals surface area contributed by atoms with Gasteiger partial charge in [0.1, 0.15) is 36.4 Å². The predicted octanol–water partition coefficient (Wildman–Crippen LogP) is 15.4. The van der Waals surface area contributed by atoms with Gasteiger partial charge in [-0.25, -0.2) is 9.97 Å². The van der Waals surface area contributed by atoms with Crippen molar-refractivity contribution < 1.29 is 29.3 Å². The first-order valence-electron chi connectivity index (χ1n) is 30.4. The Morgan fingerprint density at radius 1 is 0.483 bits per heavy atom. The summed E-state index contributed by atoms with van der Waals surface area (Å²) in [6, 6.07) is 57.6. The molecule has 0 aliphatic carbocycles. The molecule has 10 rings (SSSR count). The van der Waals surface area contributed by atoms with E-state index in [0.29, 0.717) is 38.1 Å². The summed E-state index contributed by atoms with van der Waals surface area (Å²) in [6.07, 6.45) is 9.73. The first kappa shape index (κ1) is 66.3. The molecule has 448 valence electrons. The molecule has 0 spiro atoms. The van der Waals surface area contributed by atoms with Gasteiger partial charge in [-0.1, -0.05) is 150 Å². The Labute approximate surface area is 551 Å². The smallest absolute Gasteiger partial charge is 0.549 e. The Morgan fingerprint density at radius 2 is 0.839 bits per heavy atom. The average Bonchev–Trinajstić information content (AvgIpc) is 4.03. The van der Waals surface area contributed by atoms with Gasteiger partial charge in [-0.05, 0) is 158 Å². The van der Waals surface area contributed by atoms with E-state index in [1.807, 2.05) is 72.2 Å². The van der Waals surface area contributed by atoms with E-state index in [0.717, 1.165) is 87.0 Å². The zero-order valence-electron chi connectivity index (χ0n) is 51.1. The molecule has 12 nitrogen and oxygen atoms in total. The van der Waals surface area contributed by atoms with Crippen LogP contribution in [0.3, 0.4) is 0 Å². The van der Waals surface area contributed by atoms with E-state index in [4.69, 9.17) is 9.47 Å². The minimum atomic E-state index is -1.11. The zero-order valence-corrected chi connectivity index (χ0v) is 55.0. The number of ether oxygens (including phenoxy) is 2. The van der Waals surface area contributed by atoms with Crippen molar-refractivity contribution in [2.24, 2.45) is 0 Å². The van der Waals surface area contributed by atoms with Crippen molar-refractivity contribution >= 4 is 94.4 Å². The average molecular weight is 1230 g/mol. The molecular formula is C72H80CaN6O6S2. The molecule has 15 heteroatoms. The van der Waals surface area contributed by atoms with Gasteiger partial charge >= 0.3 is 37.7 Å². The Bertz CT molecular complexity index is 3390. The summed E-state index contributed by atoms with van der Waals surface area (Å²) in [5.74, 6) is 2.31. The second kappa shape index (κ2) is 33.1. The number of aromatic amines is 2. The number of H-pyrrole nitrogens is 2. The van der Waals surface area contributed by atoms with Crippen molar-refractivity contribution in [1.82, 2.24) is 29.7 Å². The maximum Gasteiger partial charge on any atom is 2.00 e. The van der Waals surface area contributed by atoms with Crippen LogP contribution in [0.1, 0.15) is 160 Å². The minimum Gasteiger partial charge on any atom is -0.549 e. The number of carbonyl (C=O) groups excluding carboxylic acids is 2. The molecule has 0 saturated heterocycles. The molecule has 0 bridgehead atoms. The van der Waals surface area contributed by atoms with E-state index in [1.54, 1.807) is 22.7 Å². The number of nitrogens with one attached hydrogen (secondary N) is 2. The van der Waals surface area contributed by atoms with Gasteiger partial charge in [-0.2, -0.15) is 0 Å². The normalized spacial score (nSPS) is 12.2. The number of hydrogen-bond acceptors (Lipinski definition) is 12. The fourth-order valence-electron chi connectivity index (χ4n) is 11.2. The van der Waals surface area contributed by atoms with Gasteiger partial charge in [0, 0.05) is 45.7 Å². The van der Waals surface area contributed by atoms with E-state index < -0.39 is 11.9 Å². The first-order valence-corrected chi connectivity index (χ1v) is 32.1. The third-order valence-electron chi connectivity index (χ3n) is 15.9. The maximum absolute atomic E-state index is 11.6. The van der Waals surface area contributed by atoms with Crippen LogP contribution in [0.2, 0.25) is 0 Å². The largest absolute Gasteiger partial charge is 2.00 e. The molecule has 10 aromatic rings. The van der Waals surface area contributed by atoms with E-state index in [9.17, 15) is 19.8 Å². The molecule has 2 unspecified atom stereocenters. The molecule has 0 fully saturated rings. The Kier molecular flexibility index (Phi) is 25.2. The van der Waals surface area contributed by atoms with Gasteiger partial charge in [0.2, 0.25) is 0 Å². The van der Waals surface area contributed by atoms with Crippen LogP contribution in [0.5, 0.6) is 11.5 Å². The molecule has 0 aliphatic rings. The minimum absolute atomic E-state index is 0. The van der Waals surface area contributed by atoms with Crippen molar-refractivity contribution in [2.75, 3.05) is 13.1 Å². The van der Waals surface area contributed by atoms with Gasteiger partial charge in [0.05, 0.1) is 46.1 Å². The number of hydrogen-bond donors (Lipinski definition) is 2. The number of imidazole rings is 2. The van der Waals surface area contributed by atoms with Crippen molar-refractivity contribution in [1.29, 1.82) is 0 Å². The van der Waals surface area contributed by atoms with Gasteiger partial charge < -0.3 is 39.2 Å². The number of para-hydroxylation sites is 4. The van der Waals surface area contributed by atoms with Crippen LogP contribution in [0.15, 0.2) is 170 Å². The Morgan fingerprint density at radius 3 is 1.17 bits per heavy atom. The van der Waals surface area contributed by atoms with Gasteiger partial charge in [-0.15, -0.1) is 22.7 Å². The van der Waals surface area contributed by atoms with Crippen LogP contribution in [-0.2, 0) is 35.9 Å². The van der Waals surface area contributed by atoms with E-state index in [2.05, 4.69) is 169 Å². The number of carbonyl (C=O) groups is 2. The number of carboxylic acid groups (broad SMARTS) is 2. The molecule has 0 amide bonds. The zero-order chi connectivity index (χ0) is 60.4. The van der Waals surface area contributed by atoms with Crippen molar-refractivity contribution in [2.45, 2.75) is 143 Å². The van der Waals surface area contributed by atoms with Gasteiger partial charge in [0.15, 0.2) is 0 Å². The van der Waals surface area contributed by atoms with Crippen LogP contribution < -0.4 is 19.7 Å². The summed E-state index contributed by atoms with van der Waals surface area (Å²) in [5, 5.41) is 23.2. The topological polar surface area (TPSA) is 163 Å². The van der Waals surface area contributed by atoms with Crippen LogP contribution in [0, 0.1) is 0 Å². The number of carboxylic acids is 2. The summed E-state index contributed by atoms with van der Waals surface area (Å²) in [5.41, 5.74) is 10.9. The SMILES string of the molecule is CCCC(CCC)c1ccc(OCc2ccc(-c3ccc(CN(CC(=O)[O-])C(C)c4nc5ccccc5[nH]4)s3)cc2)cc1.CCCC(CCC)c1ccc(OCc2ccc(-c3ccc(CN(CC(=O)[O-])C(C)c4nc5ccccc5[nH]4)s3)cc2)cc1.[Ca+2]. The Hall–Kier alpha value is -6.62. The molecule has 2 atom stereocenters. The molecule has 87 heavy (non-hydrogen) atoms. The summed E-state index contributed by atoms with van der Waals surface area (Å²) >= 11 is 3.34. The summed E-state index contributed by atoms with van der Waals surface area (Å²) in [7, 11) is 0. The van der Waals surface area contributed by atoms with Crippen LogP contribution in [-0.4, -0.2) is 92.5 Å². The van der Waals surface area contributed by atoms with Crippen molar-refractivity contribution in [3.8, 4) is 32.4 Å². The van der Waals surface area contributed by atoms with Crippen LogP contribution >= 0.6 is 22.7 Å². The molecule has 4 aromatic heterocycles. The van der Waals surface area contributed by atoms with Gasteiger partial charge in [0.25, 0.3) is 0 Å². The fourth-order valence-corrected chi connectivity index (χ4v) is 13.3. The molecular weight excluding hydrogens is 1150 g/mol. The van der Waals surface area contributed by atoms with Crippen LogP contribution in [0.4, 0.5) is 0 Å². The first-order chi connectivity index (χ1) is 41.9. The van der Waals surface area contributed by atoms with Crippen LogP contribution in [0.25, 0.3) is 42.9 Å². The number of thiophene rings is 2. The summed E-state index contributed by atoms with van der Waals surface area (Å²) in [4.78, 5) is 47.4. The number of nitrogens with zero attached hydrogens (tertiary/aromatic N) is 4. The second-order valence-corrected chi connectivity index (χ2v) is 24.7. The molecule has 0 saturated carbocycles. The summed E-state index contributed by atoms with van der Waals surface area (Å²) < 4.78 is 12.2. The van der Waals surface area contributed by atoms with Gasteiger partial charge in [-0.3, -0.25) is 9.80 Å².